The molecule has 0 aromatic heterocycles. The van der Waals surface area contributed by atoms with Crippen molar-refractivity contribution in [1.82, 2.24) is 4.72 Å². The predicted molar refractivity (Wildman–Crippen MR) is 65.1 cm³/mol. The van der Waals surface area contributed by atoms with Crippen LogP contribution in [0.3, 0.4) is 0 Å². The quantitative estimate of drug-likeness (QED) is 0.797. The molecule has 0 aliphatic heterocycles. The molecule has 1 aromatic carbocycles. The minimum atomic E-state index is -3.55. The van der Waals surface area contributed by atoms with Gasteiger partial charge >= 0.3 is 0 Å². The highest BCUT2D eigenvalue weighted by molar-refractivity contribution is 7.89. The predicted octanol–water partition coefficient (Wildman–Crippen LogP) is 1.27. The number of benzene rings is 1. The van der Waals surface area contributed by atoms with Gasteiger partial charge in [-0.3, -0.25) is 0 Å². The van der Waals surface area contributed by atoms with Crippen LogP contribution in [0.1, 0.15) is 0 Å². The van der Waals surface area contributed by atoms with Crippen LogP contribution in [0.25, 0.3) is 0 Å². The maximum atomic E-state index is 11.8. The zero-order valence-electron chi connectivity index (χ0n) is 9.57. The molecule has 0 bridgehead atoms. The molecular weight excluding hydrogens is 266 g/mol. The Bertz CT molecular complexity index is 475. The Morgan fingerprint density at radius 2 is 2.06 bits per heavy atom. The van der Waals surface area contributed by atoms with Crippen molar-refractivity contribution in [2.75, 3.05) is 27.4 Å². The zero-order valence-corrected chi connectivity index (χ0v) is 11.1. The first-order valence-electron chi connectivity index (χ1n) is 4.83. The molecule has 0 radical (unpaired) electrons. The van der Waals surface area contributed by atoms with E-state index in [2.05, 4.69) is 4.72 Å². The second kappa shape index (κ2) is 6.20. The monoisotopic (exact) mass is 279 g/mol. The molecular formula is C10H14ClNO4S. The molecule has 0 aliphatic carbocycles. The number of halogens is 1. The van der Waals surface area contributed by atoms with Gasteiger partial charge in [0.25, 0.3) is 0 Å². The summed E-state index contributed by atoms with van der Waals surface area (Å²) in [5.74, 6) is 0.321. The molecule has 7 heteroatoms. The molecule has 5 nitrogen and oxygen atoms in total. The summed E-state index contributed by atoms with van der Waals surface area (Å²) in [4.78, 5) is 0.106. The standard InChI is InChI=1S/C10H14ClNO4S/c1-15-6-5-12-17(13,14)8-3-4-9(11)10(7-8)16-2/h3-4,7,12H,5-6H2,1-2H3. The largest absolute Gasteiger partial charge is 0.495 e. The van der Waals surface area contributed by atoms with Crippen molar-refractivity contribution in [3.05, 3.63) is 23.2 Å². The third-order valence-electron chi connectivity index (χ3n) is 2.03. The van der Waals surface area contributed by atoms with Crippen molar-refractivity contribution in [2.24, 2.45) is 0 Å². The van der Waals surface area contributed by atoms with E-state index >= 15 is 0 Å². The lowest BCUT2D eigenvalue weighted by Crippen LogP contribution is -2.27. The van der Waals surface area contributed by atoms with Crippen LogP contribution in [-0.2, 0) is 14.8 Å². The summed E-state index contributed by atoms with van der Waals surface area (Å²) in [6.07, 6.45) is 0. The minimum Gasteiger partial charge on any atom is -0.495 e. The van der Waals surface area contributed by atoms with Crippen molar-refractivity contribution in [3.8, 4) is 5.75 Å². The topological polar surface area (TPSA) is 64.6 Å². The molecule has 0 spiro atoms. The van der Waals surface area contributed by atoms with Gasteiger partial charge < -0.3 is 9.47 Å². The lowest BCUT2D eigenvalue weighted by Gasteiger charge is -2.08. The van der Waals surface area contributed by atoms with Crippen LogP contribution in [0, 0.1) is 0 Å². The first-order chi connectivity index (χ1) is 8.01. The van der Waals surface area contributed by atoms with Gasteiger partial charge in [-0.25, -0.2) is 13.1 Å². The first kappa shape index (κ1) is 14.2. The Labute approximate surface area is 106 Å². The molecule has 96 valence electrons. The Morgan fingerprint density at radius 1 is 1.35 bits per heavy atom. The van der Waals surface area contributed by atoms with Gasteiger partial charge in [0.15, 0.2) is 0 Å². The second-order valence-electron chi connectivity index (χ2n) is 3.19. The number of ether oxygens (including phenoxy) is 2. The highest BCUT2D eigenvalue weighted by Gasteiger charge is 2.15. The van der Waals surface area contributed by atoms with Gasteiger partial charge in [-0.05, 0) is 12.1 Å². The highest BCUT2D eigenvalue weighted by Crippen LogP contribution is 2.26. The van der Waals surface area contributed by atoms with E-state index in [0.717, 1.165) is 0 Å². The summed E-state index contributed by atoms with van der Waals surface area (Å²) >= 11 is 5.81. The van der Waals surface area contributed by atoms with Gasteiger partial charge in [0.2, 0.25) is 10.0 Å². The minimum absolute atomic E-state index is 0.106. The normalized spacial score (nSPS) is 11.5. The smallest absolute Gasteiger partial charge is 0.240 e. The summed E-state index contributed by atoms with van der Waals surface area (Å²) in [5.41, 5.74) is 0. The summed E-state index contributed by atoms with van der Waals surface area (Å²) in [7, 11) is -0.624. The fourth-order valence-corrected chi connectivity index (χ4v) is 2.39. The SMILES string of the molecule is COCCNS(=O)(=O)c1ccc(Cl)c(OC)c1. The third-order valence-corrected chi connectivity index (χ3v) is 3.80. The maximum absolute atomic E-state index is 11.8. The molecule has 1 rings (SSSR count). The number of hydrogen-bond acceptors (Lipinski definition) is 4. The van der Waals surface area contributed by atoms with Crippen LogP contribution in [0.2, 0.25) is 5.02 Å². The van der Waals surface area contributed by atoms with Crippen LogP contribution in [0.5, 0.6) is 5.75 Å². The summed E-state index contributed by atoms with van der Waals surface area (Å²) in [6, 6.07) is 4.27. The van der Waals surface area contributed by atoms with Crippen LogP contribution < -0.4 is 9.46 Å². The van der Waals surface area contributed by atoms with Gasteiger partial charge in [-0.2, -0.15) is 0 Å². The van der Waals surface area contributed by atoms with E-state index in [1.165, 1.54) is 32.4 Å². The van der Waals surface area contributed by atoms with E-state index in [1.807, 2.05) is 0 Å². The molecule has 0 saturated carbocycles. The molecule has 0 unspecified atom stereocenters. The van der Waals surface area contributed by atoms with Gasteiger partial charge in [-0.15, -0.1) is 0 Å². The van der Waals surface area contributed by atoms with Gasteiger partial charge in [-0.1, -0.05) is 11.6 Å². The summed E-state index contributed by atoms with van der Waals surface area (Å²) < 4.78 is 35.8. The van der Waals surface area contributed by atoms with E-state index < -0.39 is 10.0 Å². The second-order valence-corrected chi connectivity index (χ2v) is 5.36. The lowest BCUT2D eigenvalue weighted by molar-refractivity contribution is 0.204. The van der Waals surface area contributed by atoms with Gasteiger partial charge in [0, 0.05) is 19.7 Å². The molecule has 0 amide bonds. The van der Waals surface area contributed by atoms with Gasteiger partial charge in [0.1, 0.15) is 5.75 Å². The average Bonchev–Trinajstić information content (AvgIpc) is 2.29. The number of hydrogen-bond donors (Lipinski definition) is 1. The number of sulfonamides is 1. The van der Waals surface area contributed by atoms with Crippen molar-refractivity contribution in [1.29, 1.82) is 0 Å². The Balaban J connectivity index is 2.91. The van der Waals surface area contributed by atoms with Crippen molar-refractivity contribution < 1.29 is 17.9 Å². The van der Waals surface area contributed by atoms with E-state index in [-0.39, 0.29) is 11.4 Å². The van der Waals surface area contributed by atoms with Gasteiger partial charge in [0.05, 0.1) is 23.6 Å². The Morgan fingerprint density at radius 3 is 2.65 bits per heavy atom. The molecule has 0 saturated heterocycles. The van der Waals surface area contributed by atoms with E-state index in [1.54, 1.807) is 0 Å². The van der Waals surface area contributed by atoms with Crippen molar-refractivity contribution in [2.45, 2.75) is 4.90 Å². The molecule has 1 N–H and O–H groups in total. The molecule has 0 aliphatic rings. The van der Waals surface area contributed by atoms with Crippen LogP contribution in [-0.4, -0.2) is 35.8 Å². The number of rotatable bonds is 6. The average molecular weight is 280 g/mol. The molecule has 0 atom stereocenters. The van der Waals surface area contributed by atoms with Crippen LogP contribution in [0.15, 0.2) is 23.1 Å². The fraction of sp³-hybridized carbons (Fsp3) is 0.400. The highest BCUT2D eigenvalue weighted by atomic mass is 35.5. The summed E-state index contributed by atoms with van der Waals surface area (Å²) in [6.45, 7) is 0.522. The zero-order chi connectivity index (χ0) is 12.9. The molecule has 0 heterocycles. The maximum Gasteiger partial charge on any atom is 0.240 e. The molecule has 0 fully saturated rings. The number of methoxy groups -OCH3 is 2. The third kappa shape index (κ3) is 3.85. The number of nitrogens with one attached hydrogen (secondary N) is 1. The fourth-order valence-electron chi connectivity index (χ4n) is 1.17. The van der Waals surface area contributed by atoms with E-state index in [4.69, 9.17) is 21.1 Å². The first-order valence-corrected chi connectivity index (χ1v) is 6.69. The lowest BCUT2D eigenvalue weighted by atomic mass is 10.3. The van der Waals surface area contributed by atoms with Crippen LogP contribution >= 0.6 is 11.6 Å². The Hall–Kier alpha value is -0.820. The van der Waals surface area contributed by atoms with Crippen molar-refractivity contribution in [3.63, 3.8) is 0 Å². The van der Waals surface area contributed by atoms with Crippen molar-refractivity contribution >= 4 is 21.6 Å². The van der Waals surface area contributed by atoms with E-state index in [0.29, 0.717) is 17.4 Å². The summed E-state index contributed by atoms with van der Waals surface area (Å²) in [5, 5.41) is 0.364. The molecule has 1 aromatic rings. The Kier molecular flexibility index (Phi) is 5.20. The van der Waals surface area contributed by atoms with Crippen LogP contribution in [0.4, 0.5) is 0 Å². The molecule has 17 heavy (non-hydrogen) atoms. The van der Waals surface area contributed by atoms with E-state index in [9.17, 15) is 8.42 Å².